The molecule has 120 valence electrons. The van der Waals surface area contributed by atoms with E-state index in [2.05, 4.69) is 4.74 Å². The van der Waals surface area contributed by atoms with E-state index in [9.17, 15) is 27.9 Å². The van der Waals surface area contributed by atoms with E-state index in [4.69, 9.17) is 0 Å². The van der Waals surface area contributed by atoms with Gasteiger partial charge in [-0.2, -0.15) is 13.2 Å². The number of ketones is 1. The topological polar surface area (TPSA) is 63.6 Å². The van der Waals surface area contributed by atoms with Crippen molar-refractivity contribution in [2.45, 2.75) is 31.5 Å². The standard InChI is InChI=1S/C15H15F3O4/c1-13(14(21,12(20)22-2)15(16,17)18)8-7-9-5-3-4-6-10(9)11(13)19/h3-6,21H,7-8H2,1-2H3/t13-,14-/m0/s1. The summed E-state index contributed by atoms with van der Waals surface area (Å²) in [5.74, 6) is -2.80. The van der Waals surface area contributed by atoms with Crippen LogP contribution in [-0.4, -0.2) is 35.7 Å². The first-order valence-corrected chi connectivity index (χ1v) is 6.60. The molecule has 22 heavy (non-hydrogen) atoms. The van der Waals surface area contributed by atoms with Gasteiger partial charge in [0.1, 0.15) is 0 Å². The second-order valence-electron chi connectivity index (χ2n) is 5.52. The fourth-order valence-corrected chi connectivity index (χ4v) is 2.90. The zero-order chi connectivity index (χ0) is 16.8. The Morgan fingerprint density at radius 1 is 1.32 bits per heavy atom. The molecule has 0 saturated carbocycles. The summed E-state index contributed by atoms with van der Waals surface area (Å²) in [4.78, 5) is 24.3. The predicted octanol–water partition coefficient (Wildman–Crippen LogP) is 2.29. The van der Waals surface area contributed by atoms with Crippen molar-refractivity contribution < 1.29 is 32.6 Å². The Bertz CT molecular complexity index is 625. The molecule has 0 fully saturated rings. The number of esters is 1. The summed E-state index contributed by atoms with van der Waals surface area (Å²) in [6.07, 6.45) is -5.50. The highest BCUT2D eigenvalue weighted by molar-refractivity contribution is 6.06. The minimum absolute atomic E-state index is 0.0860. The van der Waals surface area contributed by atoms with E-state index in [0.29, 0.717) is 5.56 Å². The maximum atomic E-state index is 13.4. The Hall–Kier alpha value is -1.89. The Labute approximate surface area is 124 Å². The average Bonchev–Trinajstić information content (AvgIpc) is 2.48. The molecule has 1 aromatic rings. The fraction of sp³-hybridized carbons (Fsp3) is 0.467. The largest absolute Gasteiger partial charge is 0.467 e. The number of fused-ring (bicyclic) bond motifs is 1. The molecule has 4 nitrogen and oxygen atoms in total. The molecule has 0 spiro atoms. The van der Waals surface area contributed by atoms with Gasteiger partial charge in [-0.3, -0.25) is 4.79 Å². The number of alkyl halides is 3. The first-order valence-electron chi connectivity index (χ1n) is 6.60. The number of carbonyl (C=O) groups is 2. The zero-order valence-electron chi connectivity index (χ0n) is 12.0. The lowest BCUT2D eigenvalue weighted by atomic mass is 9.61. The first kappa shape index (κ1) is 16.5. The number of ether oxygens (including phenoxy) is 1. The third-order valence-electron chi connectivity index (χ3n) is 4.35. The van der Waals surface area contributed by atoms with Crippen LogP contribution in [0.1, 0.15) is 29.3 Å². The molecule has 7 heteroatoms. The Morgan fingerprint density at radius 3 is 2.45 bits per heavy atom. The van der Waals surface area contributed by atoms with E-state index in [0.717, 1.165) is 14.0 Å². The summed E-state index contributed by atoms with van der Waals surface area (Å²) in [5.41, 5.74) is -5.55. The summed E-state index contributed by atoms with van der Waals surface area (Å²) in [5, 5.41) is 10.2. The molecule has 0 aromatic heterocycles. The first-order chi connectivity index (χ1) is 10.1. The van der Waals surface area contributed by atoms with Crippen molar-refractivity contribution in [3.05, 3.63) is 35.4 Å². The summed E-state index contributed by atoms with van der Waals surface area (Å²) in [7, 11) is 0.740. The van der Waals surface area contributed by atoms with Crippen molar-refractivity contribution in [1.82, 2.24) is 0 Å². The van der Waals surface area contributed by atoms with Gasteiger partial charge < -0.3 is 9.84 Å². The van der Waals surface area contributed by atoms with Crippen molar-refractivity contribution in [1.29, 1.82) is 0 Å². The van der Waals surface area contributed by atoms with E-state index >= 15 is 0 Å². The third-order valence-corrected chi connectivity index (χ3v) is 4.35. The number of Topliss-reactive ketones (excluding diaryl/α,β-unsaturated/α-hetero) is 1. The summed E-state index contributed by atoms with van der Waals surface area (Å²) in [6, 6.07) is 6.22. The van der Waals surface area contributed by atoms with Crippen LogP contribution < -0.4 is 0 Å². The average molecular weight is 316 g/mol. The molecule has 1 N–H and O–H groups in total. The quantitative estimate of drug-likeness (QED) is 0.850. The molecule has 1 aromatic carbocycles. The minimum Gasteiger partial charge on any atom is -0.467 e. The predicted molar refractivity (Wildman–Crippen MR) is 70.2 cm³/mol. The summed E-state index contributed by atoms with van der Waals surface area (Å²) in [6.45, 7) is 0.954. The van der Waals surface area contributed by atoms with Gasteiger partial charge in [0.15, 0.2) is 5.78 Å². The molecule has 0 radical (unpaired) electrons. The number of aryl methyl sites for hydroxylation is 1. The van der Waals surface area contributed by atoms with Gasteiger partial charge in [0.2, 0.25) is 0 Å². The van der Waals surface area contributed by atoms with Gasteiger partial charge in [0.05, 0.1) is 12.5 Å². The normalized spacial score (nSPS) is 24.4. The van der Waals surface area contributed by atoms with Gasteiger partial charge in [-0.25, -0.2) is 4.79 Å². The second-order valence-corrected chi connectivity index (χ2v) is 5.52. The van der Waals surface area contributed by atoms with Gasteiger partial charge >= 0.3 is 12.1 Å². The highest BCUT2D eigenvalue weighted by Gasteiger charge is 2.73. The van der Waals surface area contributed by atoms with Crippen molar-refractivity contribution in [3.8, 4) is 0 Å². The van der Waals surface area contributed by atoms with Crippen molar-refractivity contribution in [2.24, 2.45) is 5.41 Å². The van der Waals surface area contributed by atoms with Crippen molar-refractivity contribution >= 4 is 11.8 Å². The van der Waals surface area contributed by atoms with Crippen LogP contribution in [0.15, 0.2) is 24.3 Å². The Morgan fingerprint density at radius 2 is 1.91 bits per heavy atom. The van der Waals surface area contributed by atoms with Gasteiger partial charge in [0.25, 0.3) is 5.60 Å². The molecule has 0 heterocycles. The maximum Gasteiger partial charge on any atom is 0.429 e. The smallest absolute Gasteiger partial charge is 0.429 e. The minimum atomic E-state index is -5.34. The number of carbonyl (C=O) groups excluding carboxylic acids is 2. The number of halogens is 3. The Kier molecular flexibility index (Phi) is 3.81. The van der Waals surface area contributed by atoms with Crippen LogP contribution in [0.3, 0.4) is 0 Å². The van der Waals surface area contributed by atoms with E-state index in [1.54, 1.807) is 12.1 Å². The molecular formula is C15H15F3O4. The molecule has 2 atom stereocenters. The van der Waals surface area contributed by atoms with Crippen LogP contribution in [0, 0.1) is 5.41 Å². The number of hydrogen-bond acceptors (Lipinski definition) is 4. The molecule has 0 amide bonds. The van der Waals surface area contributed by atoms with E-state index in [1.165, 1.54) is 12.1 Å². The van der Waals surface area contributed by atoms with Gasteiger partial charge in [-0.05, 0) is 25.3 Å². The lowest BCUT2D eigenvalue weighted by Gasteiger charge is -2.44. The molecule has 0 saturated heterocycles. The monoisotopic (exact) mass is 316 g/mol. The maximum absolute atomic E-state index is 13.4. The number of aliphatic hydroxyl groups is 1. The molecule has 0 aliphatic heterocycles. The summed E-state index contributed by atoms with van der Waals surface area (Å²) < 4.78 is 44.4. The number of benzene rings is 1. The second kappa shape index (κ2) is 5.08. The van der Waals surface area contributed by atoms with Crippen molar-refractivity contribution in [2.75, 3.05) is 7.11 Å². The van der Waals surface area contributed by atoms with Crippen LogP contribution in [0.4, 0.5) is 13.2 Å². The molecule has 1 aliphatic carbocycles. The van der Waals surface area contributed by atoms with Crippen molar-refractivity contribution in [3.63, 3.8) is 0 Å². The number of rotatable bonds is 2. The Balaban J connectivity index is 2.63. The summed E-state index contributed by atoms with van der Waals surface area (Å²) >= 11 is 0. The molecule has 1 aliphatic rings. The highest BCUT2D eigenvalue weighted by atomic mass is 19.4. The van der Waals surface area contributed by atoms with Crippen LogP contribution >= 0.6 is 0 Å². The van der Waals surface area contributed by atoms with Crippen LogP contribution in [0.5, 0.6) is 0 Å². The number of hydrogen-bond donors (Lipinski definition) is 1. The van der Waals surface area contributed by atoms with Crippen LogP contribution in [0.25, 0.3) is 0 Å². The van der Waals surface area contributed by atoms with Gasteiger partial charge in [0, 0.05) is 5.56 Å². The fourth-order valence-electron chi connectivity index (χ4n) is 2.90. The van der Waals surface area contributed by atoms with E-state index in [-0.39, 0.29) is 18.4 Å². The molecular weight excluding hydrogens is 301 g/mol. The lowest BCUT2D eigenvalue weighted by Crippen LogP contribution is -2.66. The van der Waals surface area contributed by atoms with Gasteiger partial charge in [-0.15, -0.1) is 0 Å². The lowest BCUT2D eigenvalue weighted by molar-refractivity contribution is -0.287. The van der Waals surface area contributed by atoms with Gasteiger partial charge in [-0.1, -0.05) is 24.3 Å². The molecule has 2 rings (SSSR count). The van der Waals surface area contributed by atoms with Crippen LogP contribution in [0.2, 0.25) is 0 Å². The molecule has 0 unspecified atom stereocenters. The van der Waals surface area contributed by atoms with E-state index in [1.807, 2.05) is 0 Å². The molecule has 0 bridgehead atoms. The third kappa shape index (κ3) is 2.03. The zero-order valence-corrected chi connectivity index (χ0v) is 12.0. The SMILES string of the molecule is COC(=O)[C@@](O)(C(F)(F)F)[C@@]1(C)CCc2ccccc2C1=O. The highest BCUT2D eigenvalue weighted by Crippen LogP contribution is 2.51. The number of methoxy groups -OCH3 is 1. The van der Waals surface area contributed by atoms with E-state index < -0.39 is 28.9 Å². The van der Waals surface area contributed by atoms with Crippen LogP contribution in [-0.2, 0) is 16.0 Å².